The number of aromatic nitrogens is 2. The monoisotopic (exact) mass is 338 g/mol. The van der Waals surface area contributed by atoms with Crippen LogP contribution in [0.25, 0.3) is 11.0 Å². The minimum atomic E-state index is -1.59. The van der Waals surface area contributed by atoms with Crippen molar-refractivity contribution in [1.29, 1.82) is 0 Å². The van der Waals surface area contributed by atoms with Crippen molar-refractivity contribution in [2.24, 2.45) is 0 Å². The van der Waals surface area contributed by atoms with E-state index in [0.717, 1.165) is 23.9 Å². The topological polar surface area (TPSA) is 66.9 Å². The van der Waals surface area contributed by atoms with E-state index >= 15 is 0 Å². The van der Waals surface area contributed by atoms with Gasteiger partial charge in [0, 0.05) is 0 Å². The number of carbonyl (C=O) groups is 1. The number of halogens is 3. The first-order chi connectivity index (χ1) is 11.1. The summed E-state index contributed by atoms with van der Waals surface area (Å²) in [5, 5.41) is 5.01. The third-order valence-corrected chi connectivity index (χ3v) is 3.58. The van der Waals surface area contributed by atoms with E-state index in [9.17, 15) is 18.0 Å². The van der Waals surface area contributed by atoms with Gasteiger partial charge in [-0.3, -0.25) is 4.79 Å². The first-order valence-corrected chi connectivity index (χ1v) is 7.18. The zero-order valence-electron chi connectivity index (χ0n) is 11.4. The Kier molecular flexibility index (Phi) is 4.11. The van der Waals surface area contributed by atoms with Crippen LogP contribution in [0.4, 0.5) is 24.5 Å². The van der Waals surface area contributed by atoms with E-state index in [1.165, 1.54) is 0 Å². The average Bonchev–Trinajstić information content (AvgIpc) is 3.02. The molecule has 0 aliphatic rings. The first-order valence-electron chi connectivity index (χ1n) is 6.45. The highest BCUT2D eigenvalue weighted by atomic mass is 32.1. The van der Waals surface area contributed by atoms with Gasteiger partial charge in [-0.15, -0.1) is 0 Å². The van der Waals surface area contributed by atoms with Crippen LogP contribution in [-0.2, 0) is 4.79 Å². The molecule has 0 aliphatic carbocycles. The van der Waals surface area contributed by atoms with Gasteiger partial charge >= 0.3 is 0 Å². The summed E-state index contributed by atoms with van der Waals surface area (Å²) in [4.78, 5) is 11.9. The quantitative estimate of drug-likeness (QED) is 0.717. The maximum absolute atomic E-state index is 13.5. The van der Waals surface area contributed by atoms with Gasteiger partial charge < -0.3 is 10.6 Å². The molecule has 1 amide bonds. The molecule has 0 atom stereocenters. The second-order valence-electron chi connectivity index (χ2n) is 4.56. The van der Waals surface area contributed by atoms with E-state index in [1.807, 2.05) is 0 Å². The van der Waals surface area contributed by atoms with E-state index in [1.54, 1.807) is 18.2 Å². The number of anilines is 2. The van der Waals surface area contributed by atoms with Crippen LogP contribution in [0.15, 0.2) is 30.3 Å². The molecule has 0 radical (unpaired) electrons. The lowest BCUT2D eigenvalue weighted by Gasteiger charge is -2.09. The minimum absolute atomic E-state index is 0.299. The van der Waals surface area contributed by atoms with E-state index in [-0.39, 0.29) is 12.2 Å². The van der Waals surface area contributed by atoms with Gasteiger partial charge in [0.05, 0.1) is 29.6 Å². The summed E-state index contributed by atoms with van der Waals surface area (Å²) in [6.45, 7) is -0.323. The Bertz CT molecular complexity index is 884. The average molecular weight is 338 g/mol. The molecule has 0 saturated heterocycles. The molecule has 1 aromatic heterocycles. The van der Waals surface area contributed by atoms with Crippen molar-refractivity contribution in [1.82, 2.24) is 8.75 Å². The number of fused-ring (bicyclic) bond motifs is 1. The Morgan fingerprint density at radius 3 is 2.70 bits per heavy atom. The van der Waals surface area contributed by atoms with Crippen LogP contribution in [0.2, 0.25) is 0 Å². The van der Waals surface area contributed by atoms with Crippen LogP contribution in [0.3, 0.4) is 0 Å². The molecule has 1 heterocycles. The summed E-state index contributed by atoms with van der Waals surface area (Å²) in [5.41, 5.74) is 1.36. The molecule has 0 bridgehead atoms. The van der Waals surface area contributed by atoms with Crippen LogP contribution >= 0.6 is 11.7 Å². The third-order valence-electron chi connectivity index (χ3n) is 3.03. The fraction of sp³-hybridized carbons (Fsp3) is 0.0714. The normalized spacial score (nSPS) is 10.7. The largest absolute Gasteiger partial charge is 0.374 e. The van der Waals surface area contributed by atoms with Crippen LogP contribution < -0.4 is 10.6 Å². The van der Waals surface area contributed by atoms with Crippen LogP contribution in [0.5, 0.6) is 0 Å². The summed E-state index contributed by atoms with van der Waals surface area (Å²) < 4.78 is 47.5. The maximum atomic E-state index is 13.5. The number of benzene rings is 2. The Morgan fingerprint density at radius 2 is 1.87 bits per heavy atom. The molecule has 2 aromatic carbocycles. The van der Waals surface area contributed by atoms with E-state index < -0.39 is 23.4 Å². The Hall–Kier alpha value is -2.68. The smallest absolute Gasteiger partial charge is 0.243 e. The number of amides is 1. The van der Waals surface area contributed by atoms with Gasteiger partial charge in [-0.1, -0.05) is 6.07 Å². The highest BCUT2D eigenvalue weighted by molar-refractivity contribution is 7.00. The number of nitrogens with one attached hydrogen (secondary N) is 2. The van der Waals surface area contributed by atoms with Crippen LogP contribution in [-0.4, -0.2) is 21.2 Å². The highest BCUT2D eigenvalue weighted by Gasteiger charge is 2.14. The predicted molar refractivity (Wildman–Crippen MR) is 80.9 cm³/mol. The second-order valence-corrected chi connectivity index (χ2v) is 5.09. The Labute approximate surface area is 132 Å². The molecule has 9 heteroatoms. The van der Waals surface area contributed by atoms with E-state index in [2.05, 4.69) is 19.4 Å². The van der Waals surface area contributed by atoms with Gasteiger partial charge in [0.15, 0.2) is 17.5 Å². The lowest BCUT2D eigenvalue weighted by molar-refractivity contribution is -0.114. The molecular weight excluding hydrogens is 329 g/mol. The fourth-order valence-electron chi connectivity index (χ4n) is 1.94. The van der Waals surface area contributed by atoms with E-state index in [0.29, 0.717) is 16.7 Å². The Morgan fingerprint density at radius 1 is 1.04 bits per heavy atom. The van der Waals surface area contributed by atoms with Gasteiger partial charge in [0.2, 0.25) is 5.91 Å². The molecule has 3 rings (SSSR count). The van der Waals surface area contributed by atoms with E-state index in [4.69, 9.17) is 0 Å². The van der Waals surface area contributed by atoms with Crippen molar-refractivity contribution >= 4 is 40.0 Å². The fourth-order valence-corrected chi connectivity index (χ4v) is 2.49. The number of hydrogen-bond donors (Lipinski definition) is 2. The molecule has 0 saturated carbocycles. The summed E-state index contributed by atoms with van der Waals surface area (Å²) >= 11 is 1.02. The molecule has 5 nitrogen and oxygen atoms in total. The molecule has 2 N–H and O–H groups in total. The van der Waals surface area contributed by atoms with Crippen molar-refractivity contribution in [3.05, 3.63) is 47.8 Å². The van der Waals surface area contributed by atoms with Gasteiger partial charge in [-0.05, 0) is 24.3 Å². The number of hydrogen-bond acceptors (Lipinski definition) is 5. The number of rotatable bonds is 4. The molecule has 0 unspecified atom stereocenters. The minimum Gasteiger partial charge on any atom is -0.374 e. The molecule has 118 valence electrons. The highest BCUT2D eigenvalue weighted by Crippen LogP contribution is 2.22. The van der Waals surface area contributed by atoms with Gasteiger partial charge in [-0.25, -0.2) is 13.2 Å². The van der Waals surface area contributed by atoms with Crippen molar-refractivity contribution in [2.75, 3.05) is 17.2 Å². The van der Waals surface area contributed by atoms with Gasteiger partial charge in [0.1, 0.15) is 11.0 Å². The van der Waals surface area contributed by atoms with Crippen molar-refractivity contribution in [3.8, 4) is 0 Å². The van der Waals surface area contributed by atoms with Crippen LogP contribution in [0.1, 0.15) is 0 Å². The molecule has 3 aromatic rings. The molecule has 23 heavy (non-hydrogen) atoms. The van der Waals surface area contributed by atoms with Crippen molar-refractivity contribution in [2.45, 2.75) is 0 Å². The number of nitrogens with zero attached hydrogens (tertiary/aromatic N) is 2. The first kappa shape index (κ1) is 15.2. The summed E-state index contributed by atoms with van der Waals surface area (Å²) in [7, 11) is 0. The zero-order chi connectivity index (χ0) is 16.4. The number of carbonyl (C=O) groups excluding carboxylic acids is 1. The molecule has 0 spiro atoms. The predicted octanol–water partition coefficient (Wildman–Crippen LogP) is 3.16. The van der Waals surface area contributed by atoms with Crippen LogP contribution in [0, 0.1) is 17.5 Å². The van der Waals surface area contributed by atoms with Crippen molar-refractivity contribution in [3.63, 3.8) is 0 Å². The molecule has 0 fully saturated rings. The maximum Gasteiger partial charge on any atom is 0.243 e. The lowest BCUT2D eigenvalue weighted by Crippen LogP contribution is -2.22. The molecular formula is C14H9F3N4OS. The van der Waals surface area contributed by atoms with Gasteiger partial charge in [0.25, 0.3) is 0 Å². The standard InChI is InChI=1S/C14H9F3N4OS/c15-7-4-5-8(13(17)12(7)16)18-6-11(22)19-9-2-1-3-10-14(9)21-23-20-10/h1-5,18H,6H2,(H,19,22). The summed E-state index contributed by atoms with van der Waals surface area (Å²) in [6, 6.07) is 6.91. The summed E-state index contributed by atoms with van der Waals surface area (Å²) in [5.74, 6) is -4.74. The van der Waals surface area contributed by atoms with Crippen molar-refractivity contribution < 1.29 is 18.0 Å². The SMILES string of the molecule is O=C(CNc1ccc(F)c(F)c1F)Nc1cccc2nsnc12. The van der Waals surface area contributed by atoms with Gasteiger partial charge in [-0.2, -0.15) is 8.75 Å². The third kappa shape index (κ3) is 3.09. The molecule has 0 aliphatic heterocycles. The Balaban J connectivity index is 1.69. The summed E-state index contributed by atoms with van der Waals surface area (Å²) in [6.07, 6.45) is 0. The zero-order valence-corrected chi connectivity index (χ0v) is 12.3. The second kappa shape index (κ2) is 6.21. The lowest BCUT2D eigenvalue weighted by atomic mass is 10.2.